The maximum Gasteiger partial charge on any atom is 0.243 e. The van der Waals surface area contributed by atoms with Gasteiger partial charge in [-0.15, -0.1) is 0 Å². The number of thioether (sulfide) groups is 1. The normalized spacial score (nSPS) is 16.5. The molecule has 1 aliphatic heterocycles. The van der Waals surface area contributed by atoms with Gasteiger partial charge >= 0.3 is 0 Å². The summed E-state index contributed by atoms with van der Waals surface area (Å²) in [6.45, 7) is 5.24. The standard InChI is InChI=1S/C23H37N3O4S2/c1-4-5-6-14-24-23(28)21(13-17-31-3)25-22(27)19-11-15-26(16-12-19)32(29,30)20-9-7-18(2)8-10-20/h7-10,19,21H,4-6,11-17H2,1-3H3,(H,24,28)(H,25,27). The molecule has 0 bridgehead atoms. The van der Waals surface area contributed by atoms with Crippen LogP contribution >= 0.6 is 11.8 Å². The van der Waals surface area contributed by atoms with Crippen LogP contribution in [0.3, 0.4) is 0 Å². The summed E-state index contributed by atoms with van der Waals surface area (Å²) in [5.41, 5.74) is 1.00. The van der Waals surface area contributed by atoms with Crippen LogP contribution in [0.1, 0.15) is 51.0 Å². The Hall–Kier alpha value is -1.58. The Kier molecular flexibility index (Phi) is 11.0. The van der Waals surface area contributed by atoms with Crippen LogP contribution in [-0.4, -0.2) is 62.2 Å². The number of hydrogen-bond donors (Lipinski definition) is 2. The fraction of sp³-hybridized carbons (Fsp3) is 0.652. The molecule has 0 aliphatic carbocycles. The van der Waals surface area contributed by atoms with Crippen LogP contribution in [0.5, 0.6) is 0 Å². The molecule has 2 N–H and O–H groups in total. The minimum atomic E-state index is -3.56. The second-order valence-electron chi connectivity index (χ2n) is 8.33. The van der Waals surface area contributed by atoms with Crippen LogP contribution in [0.15, 0.2) is 29.2 Å². The first-order chi connectivity index (χ1) is 15.3. The van der Waals surface area contributed by atoms with Gasteiger partial charge in [-0.3, -0.25) is 9.59 Å². The Labute approximate surface area is 197 Å². The predicted molar refractivity (Wildman–Crippen MR) is 130 cm³/mol. The monoisotopic (exact) mass is 483 g/mol. The second-order valence-corrected chi connectivity index (χ2v) is 11.3. The molecule has 1 aliphatic rings. The van der Waals surface area contributed by atoms with Crippen molar-refractivity contribution in [1.82, 2.24) is 14.9 Å². The SMILES string of the molecule is CCCCCNC(=O)C(CCSC)NC(=O)C1CCN(S(=O)(=O)c2ccc(C)cc2)CC1. The summed E-state index contributed by atoms with van der Waals surface area (Å²) in [5, 5.41) is 5.85. The Bertz CT molecular complexity index is 835. The van der Waals surface area contributed by atoms with Crippen LogP contribution in [-0.2, 0) is 19.6 Å². The molecular formula is C23H37N3O4S2. The van der Waals surface area contributed by atoms with E-state index in [4.69, 9.17) is 0 Å². The molecule has 0 spiro atoms. The lowest BCUT2D eigenvalue weighted by atomic mass is 9.96. The van der Waals surface area contributed by atoms with Crippen LogP contribution in [0.4, 0.5) is 0 Å². The minimum Gasteiger partial charge on any atom is -0.354 e. The maximum atomic E-state index is 12.9. The highest BCUT2D eigenvalue weighted by molar-refractivity contribution is 7.98. The van der Waals surface area contributed by atoms with Gasteiger partial charge in [0.25, 0.3) is 0 Å². The molecule has 1 saturated heterocycles. The van der Waals surface area contributed by atoms with E-state index >= 15 is 0 Å². The van der Waals surface area contributed by atoms with E-state index < -0.39 is 16.1 Å². The third-order valence-electron chi connectivity index (χ3n) is 5.81. The zero-order valence-electron chi connectivity index (χ0n) is 19.4. The molecular weight excluding hydrogens is 446 g/mol. The van der Waals surface area contributed by atoms with Crippen molar-refractivity contribution in [2.75, 3.05) is 31.6 Å². The summed E-state index contributed by atoms with van der Waals surface area (Å²) in [7, 11) is -3.56. The topological polar surface area (TPSA) is 95.6 Å². The number of carbonyl (C=O) groups is 2. The molecule has 180 valence electrons. The van der Waals surface area contributed by atoms with Crippen molar-refractivity contribution in [2.24, 2.45) is 5.92 Å². The first kappa shape index (κ1) is 26.7. The van der Waals surface area contributed by atoms with Crippen LogP contribution in [0.25, 0.3) is 0 Å². The molecule has 1 fully saturated rings. The lowest BCUT2D eigenvalue weighted by Gasteiger charge is -2.31. The number of carbonyl (C=O) groups excluding carboxylic acids is 2. The van der Waals surface area contributed by atoms with Crippen molar-refractivity contribution in [2.45, 2.75) is 63.3 Å². The second kappa shape index (κ2) is 13.2. The van der Waals surface area contributed by atoms with Crippen molar-refractivity contribution >= 4 is 33.6 Å². The number of hydrogen-bond acceptors (Lipinski definition) is 5. The van der Waals surface area contributed by atoms with Crippen molar-refractivity contribution in [3.05, 3.63) is 29.8 Å². The van der Waals surface area contributed by atoms with E-state index in [0.29, 0.717) is 38.9 Å². The summed E-state index contributed by atoms with van der Waals surface area (Å²) in [6, 6.07) is 6.27. The number of rotatable bonds is 12. The highest BCUT2D eigenvalue weighted by atomic mass is 32.2. The summed E-state index contributed by atoms with van der Waals surface area (Å²) < 4.78 is 27.2. The molecule has 32 heavy (non-hydrogen) atoms. The molecule has 1 unspecified atom stereocenters. The van der Waals surface area contributed by atoms with E-state index in [2.05, 4.69) is 17.6 Å². The molecule has 1 atom stereocenters. The van der Waals surface area contributed by atoms with Gasteiger partial charge in [-0.25, -0.2) is 8.42 Å². The summed E-state index contributed by atoms with van der Waals surface area (Å²) in [4.78, 5) is 25.7. The third kappa shape index (κ3) is 7.78. The van der Waals surface area contributed by atoms with Crippen molar-refractivity contribution in [1.29, 1.82) is 0 Å². The van der Waals surface area contributed by atoms with Crippen LogP contribution in [0, 0.1) is 12.8 Å². The first-order valence-corrected chi connectivity index (χ1v) is 14.3. The highest BCUT2D eigenvalue weighted by Crippen LogP contribution is 2.24. The van der Waals surface area contributed by atoms with E-state index in [1.165, 1.54) is 4.31 Å². The average molecular weight is 484 g/mol. The molecule has 2 rings (SSSR count). The van der Waals surface area contributed by atoms with Gasteiger partial charge in [-0.2, -0.15) is 16.1 Å². The number of nitrogens with one attached hydrogen (secondary N) is 2. The van der Waals surface area contributed by atoms with E-state index in [1.807, 2.05) is 13.2 Å². The van der Waals surface area contributed by atoms with E-state index in [0.717, 1.165) is 30.6 Å². The van der Waals surface area contributed by atoms with Gasteiger partial charge in [0, 0.05) is 25.6 Å². The van der Waals surface area contributed by atoms with E-state index in [1.54, 1.807) is 36.0 Å². The van der Waals surface area contributed by atoms with Gasteiger partial charge in [0.05, 0.1) is 4.90 Å². The zero-order valence-corrected chi connectivity index (χ0v) is 21.1. The predicted octanol–water partition coefficient (Wildman–Crippen LogP) is 2.94. The first-order valence-electron chi connectivity index (χ1n) is 11.4. The Morgan fingerprint density at radius 3 is 2.41 bits per heavy atom. The van der Waals surface area contributed by atoms with Gasteiger partial charge in [-0.05, 0) is 56.7 Å². The number of nitrogens with zero attached hydrogens (tertiary/aromatic N) is 1. The fourth-order valence-corrected chi connectivity index (χ4v) is 5.66. The summed E-state index contributed by atoms with van der Waals surface area (Å²) in [5.74, 6) is 0.194. The van der Waals surface area contributed by atoms with Gasteiger partial charge < -0.3 is 10.6 Å². The Morgan fingerprint density at radius 2 is 1.81 bits per heavy atom. The Balaban J connectivity index is 1.91. The van der Waals surface area contributed by atoms with Crippen molar-refractivity contribution in [3.8, 4) is 0 Å². The fourth-order valence-electron chi connectivity index (χ4n) is 3.72. The Morgan fingerprint density at radius 1 is 1.16 bits per heavy atom. The zero-order chi connectivity index (χ0) is 23.6. The van der Waals surface area contributed by atoms with Crippen LogP contribution in [0.2, 0.25) is 0 Å². The molecule has 1 heterocycles. The highest BCUT2D eigenvalue weighted by Gasteiger charge is 2.33. The molecule has 0 saturated carbocycles. The van der Waals surface area contributed by atoms with E-state index in [-0.39, 0.29) is 22.6 Å². The largest absolute Gasteiger partial charge is 0.354 e. The number of amides is 2. The summed E-state index contributed by atoms with van der Waals surface area (Å²) in [6.07, 6.45) is 6.52. The van der Waals surface area contributed by atoms with E-state index in [9.17, 15) is 18.0 Å². The van der Waals surface area contributed by atoms with Gasteiger partial charge in [0.1, 0.15) is 6.04 Å². The summed E-state index contributed by atoms with van der Waals surface area (Å²) >= 11 is 1.64. The minimum absolute atomic E-state index is 0.136. The quantitative estimate of drug-likeness (QED) is 0.446. The van der Waals surface area contributed by atoms with Gasteiger partial charge in [-0.1, -0.05) is 37.5 Å². The maximum absolute atomic E-state index is 12.9. The number of sulfonamides is 1. The lowest BCUT2D eigenvalue weighted by Crippen LogP contribution is -2.50. The molecule has 2 amide bonds. The lowest BCUT2D eigenvalue weighted by molar-refractivity contribution is -0.131. The van der Waals surface area contributed by atoms with Gasteiger partial charge in [0.15, 0.2) is 0 Å². The third-order valence-corrected chi connectivity index (χ3v) is 8.36. The van der Waals surface area contributed by atoms with Crippen molar-refractivity contribution < 1.29 is 18.0 Å². The van der Waals surface area contributed by atoms with Crippen molar-refractivity contribution in [3.63, 3.8) is 0 Å². The molecule has 1 aromatic rings. The number of unbranched alkanes of at least 4 members (excludes halogenated alkanes) is 2. The van der Waals surface area contributed by atoms with Crippen LogP contribution < -0.4 is 10.6 Å². The average Bonchev–Trinajstić information content (AvgIpc) is 2.79. The van der Waals surface area contributed by atoms with Gasteiger partial charge in [0.2, 0.25) is 21.8 Å². The molecule has 0 aromatic heterocycles. The molecule has 1 aromatic carbocycles. The molecule has 7 nitrogen and oxygen atoms in total. The number of benzene rings is 1. The molecule has 0 radical (unpaired) electrons. The smallest absolute Gasteiger partial charge is 0.243 e. The molecule has 9 heteroatoms. The number of aryl methyl sites for hydroxylation is 1. The number of piperidine rings is 1.